The van der Waals surface area contributed by atoms with Gasteiger partial charge in [0.15, 0.2) is 5.69 Å². The third-order valence-electron chi connectivity index (χ3n) is 4.89. The van der Waals surface area contributed by atoms with E-state index in [1.54, 1.807) is 0 Å². The molecule has 120 valence electrons. The van der Waals surface area contributed by atoms with E-state index >= 15 is 0 Å². The summed E-state index contributed by atoms with van der Waals surface area (Å²) in [6.45, 7) is 5.99. The van der Waals surface area contributed by atoms with E-state index < -0.39 is 0 Å². The number of aromatic amines is 1. The van der Waals surface area contributed by atoms with E-state index in [0.29, 0.717) is 38.0 Å². The largest absolute Gasteiger partial charge is 0.380 e. The summed E-state index contributed by atoms with van der Waals surface area (Å²) in [5.41, 5.74) is 2.79. The first-order valence-electron chi connectivity index (χ1n) is 8.08. The predicted octanol–water partition coefficient (Wildman–Crippen LogP) is 0.0291. The molecule has 7 heteroatoms. The second-order valence-electron chi connectivity index (χ2n) is 6.17. The standard InChI is InChI=1S/C15H22N4O3/c20-15(18-4-7-21-8-5-18)14-12-9-19(11-2-6-22-10-11)3-1-13(12)16-17-14/h11H,1-10H2,(H,16,17)/t11-/m1/s1. The van der Waals surface area contributed by atoms with Gasteiger partial charge in [-0.25, -0.2) is 0 Å². The summed E-state index contributed by atoms with van der Waals surface area (Å²) in [5.74, 6) is 0.0327. The zero-order valence-corrected chi connectivity index (χ0v) is 12.7. The molecule has 1 atom stereocenters. The minimum atomic E-state index is 0.0327. The van der Waals surface area contributed by atoms with E-state index in [9.17, 15) is 4.79 Å². The number of H-pyrrole nitrogens is 1. The second-order valence-corrected chi connectivity index (χ2v) is 6.17. The lowest BCUT2D eigenvalue weighted by molar-refractivity contribution is 0.0297. The number of morpholine rings is 1. The van der Waals surface area contributed by atoms with Crippen molar-refractivity contribution in [2.24, 2.45) is 0 Å². The number of amides is 1. The average Bonchev–Trinajstić information content (AvgIpc) is 3.24. The Bertz CT molecular complexity index is 547. The lowest BCUT2D eigenvalue weighted by atomic mass is 10.0. The Morgan fingerprint density at radius 3 is 2.82 bits per heavy atom. The monoisotopic (exact) mass is 306 g/mol. The van der Waals surface area contributed by atoms with Crippen LogP contribution in [0.15, 0.2) is 0 Å². The molecule has 0 aliphatic carbocycles. The highest BCUT2D eigenvalue weighted by Crippen LogP contribution is 2.25. The van der Waals surface area contributed by atoms with Crippen LogP contribution in [-0.2, 0) is 22.4 Å². The van der Waals surface area contributed by atoms with Crippen LogP contribution in [0.5, 0.6) is 0 Å². The van der Waals surface area contributed by atoms with Gasteiger partial charge >= 0.3 is 0 Å². The van der Waals surface area contributed by atoms with Gasteiger partial charge in [-0.15, -0.1) is 0 Å². The van der Waals surface area contributed by atoms with Crippen molar-refractivity contribution in [1.29, 1.82) is 0 Å². The molecule has 4 rings (SSSR count). The molecule has 4 heterocycles. The molecule has 3 aliphatic heterocycles. The van der Waals surface area contributed by atoms with Crippen molar-refractivity contribution in [2.75, 3.05) is 46.1 Å². The van der Waals surface area contributed by atoms with Gasteiger partial charge in [-0.1, -0.05) is 0 Å². The third kappa shape index (κ3) is 2.53. The number of hydrogen-bond donors (Lipinski definition) is 1. The highest BCUT2D eigenvalue weighted by Gasteiger charge is 2.32. The zero-order valence-electron chi connectivity index (χ0n) is 12.7. The molecule has 0 unspecified atom stereocenters. The fraction of sp³-hybridized carbons (Fsp3) is 0.733. The summed E-state index contributed by atoms with van der Waals surface area (Å²) in [5, 5.41) is 7.39. The molecule has 1 aromatic rings. The van der Waals surface area contributed by atoms with Crippen LogP contribution in [0.1, 0.15) is 28.2 Å². The number of nitrogens with one attached hydrogen (secondary N) is 1. The topological polar surface area (TPSA) is 70.7 Å². The van der Waals surface area contributed by atoms with E-state index in [1.807, 2.05) is 4.90 Å². The maximum Gasteiger partial charge on any atom is 0.274 e. The summed E-state index contributed by atoms with van der Waals surface area (Å²) in [4.78, 5) is 17.0. The molecule has 0 radical (unpaired) electrons. The molecule has 0 bridgehead atoms. The first kappa shape index (κ1) is 14.2. The minimum Gasteiger partial charge on any atom is -0.380 e. The van der Waals surface area contributed by atoms with Crippen LogP contribution in [-0.4, -0.2) is 78.0 Å². The SMILES string of the molecule is O=C(c1n[nH]c2c1CN([C@@H]1CCOC1)CC2)N1CCOCC1. The maximum absolute atomic E-state index is 12.7. The van der Waals surface area contributed by atoms with Crippen LogP contribution < -0.4 is 0 Å². The predicted molar refractivity (Wildman–Crippen MR) is 78.6 cm³/mol. The molecular weight excluding hydrogens is 284 g/mol. The summed E-state index contributed by atoms with van der Waals surface area (Å²) < 4.78 is 10.8. The van der Waals surface area contributed by atoms with Crippen molar-refractivity contribution < 1.29 is 14.3 Å². The van der Waals surface area contributed by atoms with Gasteiger partial charge in [0.25, 0.3) is 5.91 Å². The highest BCUT2D eigenvalue weighted by molar-refractivity contribution is 5.94. The quantitative estimate of drug-likeness (QED) is 0.835. The van der Waals surface area contributed by atoms with Crippen molar-refractivity contribution in [3.8, 4) is 0 Å². The molecule has 3 aliphatic rings. The number of aromatic nitrogens is 2. The smallest absolute Gasteiger partial charge is 0.274 e. The number of nitrogens with zero attached hydrogens (tertiary/aromatic N) is 3. The number of carbonyl (C=O) groups excluding carboxylic acids is 1. The fourth-order valence-electron chi connectivity index (χ4n) is 3.53. The van der Waals surface area contributed by atoms with Crippen LogP contribution in [0.2, 0.25) is 0 Å². The third-order valence-corrected chi connectivity index (χ3v) is 4.89. The zero-order chi connectivity index (χ0) is 14.9. The van der Waals surface area contributed by atoms with Crippen molar-refractivity contribution in [1.82, 2.24) is 20.0 Å². The fourth-order valence-corrected chi connectivity index (χ4v) is 3.53. The van der Waals surface area contributed by atoms with E-state index in [-0.39, 0.29) is 5.91 Å². The van der Waals surface area contributed by atoms with Crippen LogP contribution in [0.25, 0.3) is 0 Å². The number of ether oxygens (including phenoxy) is 2. The highest BCUT2D eigenvalue weighted by atomic mass is 16.5. The number of fused-ring (bicyclic) bond motifs is 1. The molecule has 0 saturated carbocycles. The Hall–Kier alpha value is -1.44. The number of rotatable bonds is 2. The Kier molecular flexibility index (Phi) is 3.85. The van der Waals surface area contributed by atoms with Crippen molar-refractivity contribution in [3.05, 3.63) is 17.0 Å². The van der Waals surface area contributed by atoms with E-state index in [1.165, 1.54) is 0 Å². The first-order chi connectivity index (χ1) is 10.8. The molecule has 0 aromatic carbocycles. The average molecular weight is 306 g/mol. The molecule has 2 saturated heterocycles. The summed E-state index contributed by atoms with van der Waals surface area (Å²) in [6.07, 6.45) is 2.01. The van der Waals surface area contributed by atoms with Gasteiger partial charge in [0.05, 0.1) is 19.8 Å². The van der Waals surface area contributed by atoms with Gasteiger partial charge in [-0.3, -0.25) is 14.8 Å². The number of carbonyl (C=O) groups is 1. The maximum atomic E-state index is 12.7. The normalized spacial score (nSPS) is 26.2. The van der Waals surface area contributed by atoms with Gasteiger partial charge in [-0.2, -0.15) is 5.10 Å². The molecule has 0 spiro atoms. The number of hydrogen-bond acceptors (Lipinski definition) is 5. The van der Waals surface area contributed by atoms with Gasteiger partial charge in [0, 0.05) is 56.5 Å². The lowest BCUT2D eigenvalue weighted by Gasteiger charge is -2.32. The first-order valence-corrected chi connectivity index (χ1v) is 8.08. The van der Waals surface area contributed by atoms with Gasteiger partial charge in [-0.05, 0) is 6.42 Å². The van der Waals surface area contributed by atoms with Crippen LogP contribution >= 0.6 is 0 Å². The minimum absolute atomic E-state index is 0.0327. The van der Waals surface area contributed by atoms with Gasteiger partial charge in [0.1, 0.15) is 0 Å². The Labute approximate surface area is 129 Å². The van der Waals surface area contributed by atoms with Crippen LogP contribution in [0.4, 0.5) is 0 Å². The van der Waals surface area contributed by atoms with E-state index in [2.05, 4.69) is 15.1 Å². The Morgan fingerprint density at radius 1 is 1.18 bits per heavy atom. The van der Waals surface area contributed by atoms with Crippen molar-refractivity contribution >= 4 is 5.91 Å². The van der Waals surface area contributed by atoms with Crippen molar-refractivity contribution in [2.45, 2.75) is 25.4 Å². The van der Waals surface area contributed by atoms with Gasteiger partial charge < -0.3 is 14.4 Å². The van der Waals surface area contributed by atoms with Crippen LogP contribution in [0.3, 0.4) is 0 Å². The van der Waals surface area contributed by atoms with E-state index in [4.69, 9.17) is 9.47 Å². The molecule has 1 N–H and O–H groups in total. The summed E-state index contributed by atoms with van der Waals surface area (Å²) in [7, 11) is 0. The van der Waals surface area contributed by atoms with Gasteiger partial charge in [0.2, 0.25) is 0 Å². The summed E-state index contributed by atoms with van der Waals surface area (Å²) in [6, 6.07) is 0.481. The lowest BCUT2D eigenvalue weighted by Crippen LogP contribution is -2.42. The molecule has 22 heavy (non-hydrogen) atoms. The Morgan fingerprint density at radius 2 is 2.05 bits per heavy atom. The molecule has 1 aromatic heterocycles. The Balaban J connectivity index is 1.53. The van der Waals surface area contributed by atoms with Crippen molar-refractivity contribution in [3.63, 3.8) is 0 Å². The van der Waals surface area contributed by atoms with Crippen LogP contribution in [0, 0.1) is 0 Å². The molecule has 1 amide bonds. The second kappa shape index (κ2) is 5.98. The molecular formula is C15H22N4O3. The molecule has 7 nitrogen and oxygen atoms in total. The molecule has 2 fully saturated rings. The van der Waals surface area contributed by atoms with E-state index in [0.717, 1.165) is 50.4 Å². The summed E-state index contributed by atoms with van der Waals surface area (Å²) >= 11 is 0.